The summed E-state index contributed by atoms with van der Waals surface area (Å²) in [4.78, 5) is 66.0. The van der Waals surface area contributed by atoms with Crippen LogP contribution in [-0.4, -0.2) is 98.8 Å². The summed E-state index contributed by atoms with van der Waals surface area (Å²) in [6.45, 7) is -0.474. The molecule has 4 aromatic rings. The van der Waals surface area contributed by atoms with Crippen LogP contribution >= 0.6 is 15.6 Å². The van der Waals surface area contributed by atoms with Gasteiger partial charge >= 0.3 is 15.6 Å². The van der Waals surface area contributed by atoms with Crippen LogP contribution in [0.15, 0.2) is 22.2 Å². The molecule has 0 amide bonds. The highest BCUT2D eigenvalue weighted by atomic mass is 31.2. The maximum atomic E-state index is 15.9. The van der Waals surface area contributed by atoms with Crippen LogP contribution in [0.4, 0.5) is 14.7 Å². The number of aryl methyl sites for hydroxylation is 1. The van der Waals surface area contributed by atoms with Gasteiger partial charge in [0.05, 0.1) is 25.9 Å². The van der Waals surface area contributed by atoms with Crippen molar-refractivity contribution in [3.05, 3.63) is 39.2 Å². The van der Waals surface area contributed by atoms with Crippen molar-refractivity contribution in [1.29, 1.82) is 0 Å². The number of nitrogens with one attached hydrogen (secondary N) is 2. The van der Waals surface area contributed by atoms with E-state index in [2.05, 4.69) is 29.9 Å². The van der Waals surface area contributed by atoms with Crippen LogP contribution in [0.5, 0.6) is 0 Å². The Kier molecular flexibility index (Phi) is 7.47. The number of rotatable bonds is 2. The number of fused-ring (bicyclic) bond motifs is 4. The topological polar surface area (TPSA) is 283 Å². The summed E-state index contributed by atoms with van der Waals surface area (Å²) >= 11 is 0. The molecule has 0 radical (unpaired) electrons. The zero-order chi connectivity index (χ0) is 32.7. The molecule has 6 N–H and O–H groups in total. The quantitative estimate of drug-likeness (QED) is 0.167. The fourth-order valence-electron chi connectivity index (χ4n) is 5.41. The van der Waals surface area contributed by atoms with Gasteiger partial charge in [-0.05, 0) is 6.92 Å². The molecular formula is C21H23F2N9O12P2. The second-order valence-electron chi connectivity index (χ2n) is 10.4. The number of alkyl halides is 2. The molecule has 7 rings (SSSR count). The monoisotopic (exact) mass is 693 g/mol. The minimum absolute atomic E-state index is 0.0894. The van der Waals surface area contributed by atoms with E-state index < -0.39 is 89.2 Å². The Morgan fingerprint density at radius 2 is 1.30 bits per heavy atom. The number of aromatic amines is 2. The van der Waals surface area contributed by atoms with Gasteiger partial charge in [-0.25, -0.2) is 32.9 Å². The van der Waals surface area contributed by atoms with Crippen LogP contribution in [-0.2, 0) is 36.7 Å². The largest absolute Gasteiger partial charge is 0.472 e. The molecule has 3 aliphatic rings. The number of nitrogens with zero attached hydrogens (tertiary/aromatic N) is 6. The number of ether oxygens (including phenoxy) is 2. The van der Waals surface area contributed by atoms with E-state index >= 15 is 8.78 Å². The molecule has 4 unspecified atom stereocenters. The number of halogens is 2. The number of nitrogen functional groups attached to an aromatic ring is 1. The van der Waals surface area contributed by atoms with Crippen LogP contribution in [0, 0.1) is 6.92 Å². The van der Waals surface area contributed by atoms with Crippen molar-refractivity contribution in [2.45, 2.75) is 56.1 Å². The first-order valence-electron chi connectivity index (χ1n) is 13.3. The molecule has 3 aliphatic heterocycles. The van der Waals surface area contributed by atoms with Gasteiger partial charge < -0.3 is 30.0 Å². The molecule has 46 heavy (non-hydrogen) atoms. The Balaban J connectivity index is 1.18. The van der Waals surface area contributed by atoms with Gasteiger partial charge in [0.15, 0.2) is 47.1 Å². The first-order chi connectivity index (χ1) is 21.7. The molecule has 3 fully saturated rings. The Morgan fingerprint density at radius 1 is 0.848 bits per heavy atom. The molecule has 0 bridgehead atoms. The molecule has 0 aliphatic carbocycles. The predicted molar refractivity (Wildman–Crippen MR) is 144 cm³/mol. The van der Waals surface area contributed by atoms with Crippen LogP contribution < -0.4 is 16.9 Å². The van der Waals surface area contributed by atoms with Gasteiger partial charge in [-0.15, -0.1) is 0 Å². The molecule has 3 saturated heterocycles. The number of H-pyrrole nitrogens is 2. The average Bonchev–Trinajstić information content (AvgIpc) is 3.72. The van der Waals surface area contributed by atoms with E-state index in [9.17, 15) is 28.5 Å². The highest BCUT2D eigenvalue weighted by Gasteiger charge is 2.55. The molecule has 10 atom stereocenters. The molecule has 21 nitrogen and oxygen atoms in total. The number of hydrogen-bond donors (Lipinski definition) is 5. The standard InChI is InChI=1S/C21H23F2N9O12P2/c1-6-27-15-11(17(33)28-6)25-4-31(15)19-9(22)13-7(41-19)2-39-46(37,38)44-14-8(3-40-45(35,36)43-13)42-20(10(14)23)32-5-26-12-16(32)29-21(24)30-18(12)34/h4-5,7-10,13-14,19-20H,2-3H2,1H3,(H,35,36)(H,37,38)(H,27,28,33)(H3,24,29,30,34)/t7-,8-,9+,10?,13?,14+,19-,20-/m1/s1. The third kappa shape index (κ3) is 5.37. The smallest absolute Gasteiger partial charge is 0.369 e. The Morgan fingerprint density at radius 3 is 1.80 bits per heavy atom. The van der Waals surface area contributed by atoms with Crippen molar-refractivity contribution >= 4 is 43.9 Å². The van der Waals surface area contributed by atoms with Crippen molar-refractivity contribution in [3.63, 3.8) is 0 Å². The maximum Gasteiger partial charge on any atom is 0.472 e. The van der Waals surface area contributed by atoms with Gasteiger partial charge in [0.2, 0.25) is 5.95 Å². The van der Waals surface area contributed by atoms with Crippen LogP contribution in [0.1, 0.15) is 18.3 Å². The molecule has 25 heteroatoms. The third-order valence-electron chi connectivity index (χ3n) is 7.40. The molecule has 4 aromatic heterocycles. The Hall–Kier alpha value is -3.50. The van der Waals surface area contributed by atoms with Crippen LogP contribution in [0.3, 0.4) is 0 Å². The summed E-state index contributed by atoms with van der Waals surface area (Å²) in [5.74, 6) is -0.158. The van der Waals surface area contributed by atoms with Gasteiger partial charge in [-0.3, -0.25) is 41.8 Å². The predicted octanol–water partition coefficient (Wildman–Crippen LogP) is -0.368. The number of phosphoric ester groups is 2. The minimum atomic E-state index is -5.20. The molecule has 0 aromatic carbocycles. The average molecular weight is 693 g/mol. The summed E-state index contributed by atoms with van der Waals surface area (Å²) in [5.41, 5.74) is 3.54. The lowest BCUT2D eigenvalue weighted by atomic mass is 10.1. The van der Waals surface area contributed by atoms with Crippen molar-refractivity contribution in [2.75, 3.05) is 18.9 Å². The van der Waals surface area contributed by atoms with E-state index in [0.29, 0.717) is 0 Å². The van der Waals surface area contributed by atoms with Crippen molar-refractivity contribution in [3.8, 4) is 0 Å². The van der Waals surface area contributed by atoms with E-state index in [4.69, 9.17) is 33.3 Å². The number of anilines is 1. The molecular weight excluding hydrogens is 670 g/mol. The molecule has 0 saturated carbocycles. The second kappa shape index (κ2) is 11.0. The molecule has 248 valence electrons. The lowest BCUT2D eigenvalue weighted by Crippen LogP contribution is -2.37. The van der Waals surface area contributed by atoms with E-state index in [0.717, 1.165) is 21.8 Å². The first-order valence-corrected chi connectivity index (χ1v) is 16.3. The van der Waals surface area contributed by atoms with E-state index in [1.54, 1.807) is 0 Å². The SMILES string of the molecule is Cc1nc2c(ncn2[C@@H]2O[C@@H]3COP(=O)(O)O[C@@H]4C(F)[C@H](n5cnc6c(=O)[nH]c(N)nc65)O[C@@H]4COP(=O)(O)OC3[C@@H]2F)c(=O)[nH]1. The number of imidazole rings is 2. The van der Waals surface area contributed by atoms with Crippen molar-refractivity contribution in [2.24, 2.45) is 0 Å². The maximum absolute atomic E-state index is 15.9. The van der Waals surface area contributed by atoms with E-state index in [1.165, 1.54) is 6.92 Å². The fraction of sp³-hybridized carbons (Fsp3) is 0.524. The third-order valence-corrected chi connectivity index (χ3v) is 9.37. The van der Waals surface area contributed by atoms with E-state index in [-0.39, 0.29) is 34.1 Å². The fourth-order valence-corrected chi connectivity index (χ4v) is 7.32. The number of phosphoric acid groups is 2. The first kappa shape index (κ1) is 31.1. The Bertz CT molecular complexity index is 1910. The van der Waals surface area contributed by atoms with Crippen molar-refractivity contribution in [1.82, 2.24) is 39.0 Å². The van der Waals surface area contributed by atoms with Gasteiger partial charge in [0, 0.05) is 0 Å². The van der Waals surface area contributed by atoms with Gasteiger partial charge in [-0.2, -0.15) is 4.98 Å². The summed E-state index contributed by atoms with van der Waals surface area (Å²) < 4.78 is 91.3. The molecule has 0 spiro atoms. The van der Waals surface area contributed by atoms with Crippen LogP contribution in [0.25, 0.3) is 22.3 Å². The number of aromatic nitrogens is 8. The highest BCUT2D eigenvalue weighted by Crippen LogP contribution is 2.54. The zero-order valence-electron chi connectivity index (χ0n) is 23.1. The zero-order valence-corrected chi connectivity index (χ0v) is 24.9. The van der Waals surface area contributed by atoms with Gasteiger partial charge in [-0.1, -0.05) is 0 Å². The normalized spacial score (nSPS) is 37.2. The van der Waals surface area contributed by atoms with E-state index in [1.807, 2.05) is 0 Å². The second-order valence-corrected chi connectivity index (χ2v) is 13.3. The summed E-state index contributed by atoms with van der Waals surface area (Å²) in [7, 11) is -10.4. The Labute approximate surface area is 252 Å². The van der Waals surface area contributed by atoms with Gasteiger partial charge in [0.1, 0.15) is 30.2 Å². The van der Waals surface area contributed by atoms with Crippen molar-refractivity contribution < 1.29 is 55.3 Å². The number of nitrogens with two attached hydrogens (primary N) is 1. The number of hydrogen-bond acceptors (Lipinski definition) is 15. The van der Waals surface area contributed by atoms with Gasteiger partial charge in [0.25, 0.3) is 11.1 Å². The summed E-state index contributed by atoms with van der Waals surface area (Å²) in [6.07, 6.45) is -13.1. The minimum Gasteiger partial charge on any atom is -0.369 e. The highest BCUT2D eigenvalue weighted by molar-refractivity contribution is 7.47. The summed E-state index contributed by atoms with van der Waals surface area (Å²) in [6, 6.07) is 0. The lowest BCUT2D eigenvalue weighted by Gasteiger charge is -2.27. The van der Waals surface area contributed by atoms with Crippen LogP contribution in [0.2, 0.25) is 0 Å². The molecule has 7 heterocycles. The summed E-state index contributed by atoms with van der Waals surface area (Å²) in [5, 5.41) is 0. The lowest BCUT2D eigenvalue weighted by molar-refractivity contribution is -0.0662.